The molecule has 2 aliphatic heterocycles. The molecule has 0 aliphatic carbocycles. The Hall–Kier alpha value is -2.97. The van der Waals surface area contributed by atoms with Gasteiger partial charge in [-0.3, -0.25) is 4.79 Å². The van der Waals surface area contributed by atoms with Gasteiger partial charge in [-0.05, 0) is 25.1 Å². The summed E-state index contributed by atoms with van der Waals surface area (Å²) in [4.78, 5) is 33.3. The van der Waals surface area contributed by atoms with Gasteiger partial charge in [-0.2, -0.15) is 0 Å². The van der Waals surface area contributed by atoms with Crippen molar-refractivity contribution in [3.05, 3.63) is 23.8 Å². The summed E-state index contributed by atoms with van der Waals surface area (Å²) in [7, 11) is 3.16. The molecule has 0 saturated carbocycles. The van der Waals surface area contributed by atoms with Gasteiger partial charge in [0.25, 0.3) is 5.91 Å². The van der Waals surface area contributed by atoms with Gasteiger partial charge in [0, 0.05) is 38.2 Å². The van der Waals surface area contributed by atoms with Crippen LogP contribution in [-0.2, 0) is 14.4 Å². The Morgan fingerprint density at radius 2 is 1.86 bits per heavy atom. The Balaban J connectivity index is 1.60. The second kappa shape index (κ2) is 8.81. The summed E-state index contributed by atoms with van der Waals surface area (Å²) in [6.45, 7) is 3.86. The molecular weight excluding hydrogens is 366 g/mol. The van der Waals surface area contributed by atoms with E-state index in [1.165, 1.54) is 0 Å². The van der Waals surface area contributed by atoms with E-state index in [9.17, 15) is 9.59 Å². The van der Waals surface area contributed by atoms with E-state index in [0.717, 1.165) is 5.56 Å². The number of amides is 2. The molecule has 0 aromatic heterocycles. The van der Waals surface area contributed by atoms with Crippen LogP contribution in [0.4, 0.5) is 4.79 Å². The van der Waals surface area contributed by atoms with E-state index >= 15 is 0 Å². The molecule has 9 heteroatoms. The van der Waals surface area contributed by atoms with Crippen molar-refractivity contribution in [1.82, 2.24) is 9.80 Å². The number of carbonyl (C=O) groups excluding carboxylic acids is 2. The quantitative estimate of drug-likeness (QED) is 0.756. The molecule has 1 fully saturated rings. The highest BCUT2D eigenvalue weighted by molar-refractivity contribution is 6.06. The summed E-state index contributed by atoms with van der Waals surface area (Å²) in [5.41, 5.74) is 1.38. The van der Waals surface area contributed by atoms with Crippen molar-refractivity contribution >= 4 is 17.7 Å². The van der Waals surface area contributed by atoms with Gasteiger partial charge >= 0.3 is 6.09 Å². The van der Waals surface area contributed by atoms with Crippen LogP contribution in [0, 0.1) is 0 Å². The third-order valence-corrected chi connectivity index (χ3v) is 4.78. The van der Waals surface area contributed by atoms with E-state index < -0.39 is 6.10 Å². The smallest absolute Gasteiger partial charge is 0.409 e. The van der Waals surface area contributed by atoms with E-state index in [2.05, 4.69) is 5.16 Å². The van der Waals surface area contributed by atoms with Crippen LogP contribution in [0.3, 0.4) is 0 Å². The number of methoxy groups -OCH3 is 2. The van der Waals surface area contributed by atoms with Gasteiger partial charge in [0.2, 0.25) is 6.10 Å². The average Bonchev–Trinajstić information content (AvgIpc) is 3.23. The first kappa shape index (κ1) is 19.8. The molecule has 1 aromatic carbocycles. The largest absolute Gasteiger partial charge is 0.497 e. The number of rotatable bonds is 5. The fourth-order valence-electron chi connectivity index (χ4n) is 3.24. The number of piperazine rings is 1. The van der Waals surface area contributed by atoms with Crippen LogP contribution in [0.15, 0.2) is 23.4 Å². The molecule has 1 unspecified atom stereocenters. The Labute approximate surface area is 163 Å². The summed E-state index contributed by atoms with van der Waals surface area (Å²) in [5.74, 6) is 1.17. The van der Waals surface area contributed by atoms with E-state index in [0.29, 0.717) is 56.4 Å². The van der Waals surface area contributed by atoms with Crippen molar-refractivity contribution in [1.29, 1.82) is 0 Å². The number of ether oxygens (including phenoxy) is 3. The molecule has 1 aromatic rings. The fourth-order valence-corrected chi connectivity index (χ4v) is 3.24. The van der Waals surface area contributed by atoms with Crippen LogP contribution < -0.4 is 9.47 Å². The summed E-state index contributed by atoms with van der Waals surface area (Å²) in [6, 6.07) is 5.40. The molecule has 2 amide bonds. The van der Waals surface area contributed by atoms with Crippen molar-refractivity contribution in [2.75, 3.05) is 47.0 Å². The van der Waals surface area contributed by atoms with Crippen LogP contribution in [0.25, 0.3) is 0 Å². The number of hydrogen-bond acceptors (Lipinski definition) is 7. The average molecular weight is 391 g/mol. The molecule has 0 radical (unpaired) electrons. The van der Waals surface area contributed by atoms with Crippen molar-refractivity contribution < 1.29 is 28.6 Å². The summed E-state index contributed by atoms with van der Waals surface area (Å²) < 4.78 is 15.6. The zero-order valence-electron chi connectivity index (χ0n) is 16.3. The lowest BCUT2D eigenvalue weighted by Crippen LogP contribution is -2.53. The maximum absolute atomic E-state index is 12.8. The molecule has 28 heavy (non-hydrogen) atoms. The minimum Gasteiger partial charge on any atom is -0.497 e. The molecule has 2 heterocycles. The minimum atomic E-state index is -0.681. The third-order valence-electron chi connectivity index (χ3n) is 4.78. The molecule has 152 valence electrons. The van der Waals surface area contributed by atoms with Crippen LogP contribution in [0.1, 0.15) is 18.9 Å². The van der Waals surface area contributed by atoms with Gasteiger partial charge < -0.3 is 28.8 Å². The predicted molar refractivity (Wildman–Crippen MR) is 101 cm³/mol. The maximum Gasteiger partial charge on any atom is 0.409 e. The molecule has 0 bridgehead atoms. The molecule has 0 N–H and O–H groups in total. The van der Waals surface area contributed by atoms with Crippen molar-refractivity contribution in [3.63, 3.8) is 0 Å². The molecule has 2 aliphatic rings. The highest BCUT2D eigenvalue weighted by Gasteiger charge is 2.35. The first-order chi connectivity index (χ1) is 13.6. The Morgan fingerprint density at radius 3 is 2.50 bits per heavy atom. The lowest BCUT2D eigenvalue weighted by Gasteiger charge is -2.34. The first-order valence-corrected chi connectivity index (χ1v) is 9.23. The van der Waals surface area contributed by atoms with Gasteiger partial charge in [-0.1, -0.05) is 5.16 Å². The summed E-state index contributed by atoms with van der Waals surface area (Å²) in [6.07, 6.45) is -0.678. The van der Waals surface area contributed by atoms with Crippen molar-refractivity contribution in [3.8, 4) is 11.5 Å². The zero-order chi connectivity index (χ0) is 20.1. The molecule has 1 saturated heterocycles. The molecular formula is C19H25N3O6. The topological polar surface area (TPSA) is 89.9 Å². The molecule has 9 nitrogen and oxygen atoms in total. The Bertz CT molecular complexity index is 758. The standard InChI is InChI=1S/C19H25N3O6/c1-4-27-19(24)22-9-7-21(8-10-22)18(23)17-12-15(20-28-17)14-11-13(25-2)5-6-16(14)26-3/h5-6,11,17H,4,7-10,12H2,1-3H3. The second-order valence-corrected chi connectivity index (χ2v) is 6.41. The van der Waals surface area contributed by atoms with Gasteiger partial charge in [0.1, 0.15) is 11.5 Å². The lowest BCUT2D eigenvalue weighted by atomic mass is 10.0. The van der Waals surface area contributed by atoms with E-state index in [4.69, 9.17) is 19.0 Å². The Morgan fingerprint density at radius 1 is 1.14 bits per heavy atom. The number of hydrogen-bond donors (Lipinski definition) is 0. The fraction of sp³-hybridized carbons (Fsp3) is 0.526. The monoisotopic (exact) mass is 391 g/mol. The van der Waals surface area contributed by atoms with Gasteiger partial charge in [-0.25, -0.2) is 4.79 Å². The molecule has 3 rings (SSSR count). The molecule has 1 atom stereocenters. The van der Waals surface area contributed by atoms with Crippen molar-refractivity contribution in [2.45, 2.75) is 19.4 Å². The van der Waals surface area contributed by atoms with E-state index in [1.54, 1.807) is 43.1 Å². The van der Waals surface area contributed by atoms with Crippen LogP contribution >= 0.6 is 0 Å². The van der Waals surface area contributed by atoms with E-state index in [1.807, 2.05) is 6.07 Å². The maximum atomic E-state index is 12.8. The highest BCUT2D eigenvalue weighted by Crippen LogP contribution is 2.29. The van der Waals surface area contributed by atoms with Crippen LogP contribution in [0.5, 0.6) is 11.5 Å². The number of carbonyl (C=O) groups is 2. The number of nitrogens with zero attached hydrogens (tertiary/aromatic N) is 3. The summed E-state index contributed by atoms with van der Waals surface area (Å²) >= 11 is 0. The van der Waals surface area contributed by atoms with Gasteiger partial charge in [0.05, 0.1) is 26.5 Å². The van der Waals surface area contributed by atoms with Gasteiger partial charge in [-0.15, -0.1) is 0 Å². The molecule has 0 spiro atoms. The van der Waals surface area contributed by atoms with E-state index in [-0.39, 0.29) is 12.0 Å². The van der Waals surface area contributed by atoms with Crippen LogP contribution in [0.2, 0.25) is 0 Å². The normalized spacial score (nSPS) is 19.0. The third kappa shape index (κ3) is 4.13. The Kier molecular flexibility index (Phi) is 6.23. The number of benzene rings is 1. The van der Waals surface area contributed by atoms with Crippen LogP contribution in [-0.4, -0.2) is 80.6 Å². The second-order valence-electron chi connectivity index (χ2n) is 6.41. The summed E-state index contributed by atoms with van der Waals surface area (Å²) in [5, 5.41) is 4.10. The number of oxime groups is 1. The minimum absolute atomic E-state index is 0.135. The predicted octanol–water partition coefficient (Wildman–Crippen LogP) is 1.50. The van der Waals surface area contributed by atoms with Crippen molar-refractivity contribution in [2.24, 2.45) is 5.16 Å². The van der Waals surface area contributed by atoms with Gasteiger partial charge in [0.15, 0.2) is 0 Å². The first-order valence-electron chi connectivity index (χ1n) is 9.23. The zero-order valence-corrected chi connectivity index (χ0v) is 16.3. The SMILES string of the molecule is CCOC(=O)N1CCN(C(=O)C2CC(c3cc(OC)ccc3OC)=NO2)CC1. The lowest BCUT2D eigenvalue weighted by molar-refractivity contribution is -0.143. The highest BCUT2D eigenvalue weighted by atomic mass is 16.6.